The molecular formula is C14H28F2N2. The number of nitrogens with one attached hydrogen (secondary N) is 1. The Labute approximate surface area is 110 Å². The Bertz CT molecular complexity index is 222. The molecule has 0 aromatic heterocycles. The van der Waals surface area contributed by atoms with Gasteiger partial charge >= 0.3 is 0 Å². The smallest absolute Gasteiger partial charge is 0.248 e. The molecule has 0 aromatic rings. The molecule has 0 saturated heterocycles. The minimum Gasteiger partial charge on any atom is -0.315 e. The fourth-order valence-electron chi connectivity index (χ4n) is 2.74. The number of likely N-dealkylation sites (N-methyl/N-ethyl adjacent to an activating group) is 1. The third-order valence-electron chi connectivity index (χ3n) is 3.77. The topological polar surface area (TPSA) is 15.3 Å². The average molecular weight is 262 g/mol. The predicted octanol–water partition coefficient (Wildman–Crippen LogP) is 3.13. The highest BCUT2D eigenvalue weighted by Crippen LogP contribution is 2.36. The second-order valence-electron chi connectivity index (χ2n) is 5.46. The lowest BCUT2D eigenvalue weighted by Crippen LogP contribution is -2.37. The molecule has 1 rings (SSSR count). The van der Waals surface area contributed by atoms with Gasteiger partial charge in [-0.05, 0) is 44.8 Å². The molecule has 1 aliphatic carbocycles. The number of alkyl halides is 2. The van der Waals surface area contributed by atoms with Gasteiger partial charge in [0.25, 0.3) is 0 Å². The van der Waals surface area contributed by atoms with Crippen molar-refractivity contribution in [1.82, 2.24) is 10.2 Å². The Hall–Kier alpha value is -0.220. The lowest BCUT2D eigenvalue weighted by atomic mass is 9.86. The van der Waals surface area contributed by atoms with Crippen LogP contribution in [-0.4, -0.2) is 43.5 Å². The average Bonchev–Trinajstić information content (AvgIpc) is 2.32. The molecule has 4 heteroatoms. The first-order valence-corrected chi connectivity index (χ1v) is 7.38. The standard InChI is InChI=1S/C14H28F2N2/c1-3-9-18(4-2)10-8-17-12-13-6-5-7-14(15,16)11-13/h13,17H,3-12H2,1-2H3. The van der Waals surface area contributed by atoms with E-state index in [1.54, 1.807) is 0 Å². The van der Waals surface area contributed by atoms with Gasteiger partial charge in [0.15, 0.2) is 0 Å². The molecule has 108 valence electrons. The Kier molecular flexibility index (Phi) is 7.08. The van der Waals surface area contributed by atoms with Crippen molar-refractivity contribution in [2.24, 2.45) is 5.92 Å². The number of hydrogen-bond donors (Lipinski definition) is 1. The molecule has 1 fully saturated rings. The third-order valence-corrected chi connectivity index (χ3v) is 3.77. The molecule has 0 aliphatic heterocycles. The van der Waals surface area contributed by atoms with E-state index in [4.69, 9.17) is 0 Å². The maximum atomic E-state index is 13.2. The summed E-state index contributed by atoms with van der Waals surface area (Å²) in [5, 5.41) is 3.34. The van der Waals surface area contributed by atoms with E-state index in [0.717, 1.165) is 39.1 Å². The van der Waals surface area contributed by atoms with Crippen LogP contribution < -0.4 is 5.32 Å². The van der Waals surface area contributed by atoms with Gasteiger partial charge in [0.2, 0.25) is 5.92 Å². The van der Waals surface area contributed by atoms with Gasteiger partial charge < -0.3 is 10.2 Å². The van der Waals surface area contributed by atoms with Gasteiger partial charge in [-0.2, -0.15) is 0 Å². The number of hydrogen-bond acceptors (Lipinski definition) is 2. The van der Waals surface area contributed by atoms with E-state index in [2.05, 4.69) is 24.1 Å². The van der Waals surface area contributed by atoms with Gasteiger partial charge in [0.1, 0.15) is 0 Å². The van der Waals surface area contributed by atoms with Gasteiger partial charge in [-0.25, -0.2) is 8.78 Å². The molecule has 2 nitrogen and oxygen atoms in total. The van der Waals surface area contributed by atoms with Crippen LogP contribution in [0, 0.1) is 5.92 Å². The molecule has 0 spiro atoms. The Morgan fingerprint density at radius 1 is 1.28 bits per heavy atom. The third kappa shape index (κ3) is 6.10. The maximum absolute atomic E-state index is 13.2. The molecular weight excluding hydrogens is 234 g/mol. The van der Waals surface area contributed by atoms with Crippen molar-refractivity contribution in [2.45, 2.75) is 51.9 Å². The molecule has 1 aliphatic rings. The van der Waals surface area contributed by atoms with E-state index in [0.29, 0.717) is 6.42 Å². The largest absolute Gasteiger partial charge is 0.315 e. The predicted molar refractivity (Wildman–Crippen MR) is 72.2 cm³/mol. The van der Waals surface area contributed by atoms with Crippen molar-refractivity contribution < 1.29 is 8.78 Å². The molecule has 0 bridgehead atoms. The molecule has 0 amide bonds. The van der Waals surface area contributed by atoms with Crippen molar-refractivity contribution in [3.05, 3.63) is 0 Å². The van der Waals surface area contributed by atoms with Crippen molar-refractivity contribution in [2.75, 3.05) is 32.7 Å². The summed E-state index contributed by atoms with van der Waals surface area (Å²) in [6, 6.07) is 0. The van der Waals surface area contributed by atoms with Crippen LogP contribution in [0.15, 0.2) is 0 Å². The van der Waals surface area contributed by atoms with E-state index in [-0.39, 0.29) is 18.8 Å². The lowest BCUT2D eigenvalue weighted by Gasteiger charge is -2.29. The number of halogens is 2. The van der Waals surface area contributed by atoms with Crippen LogP contribution in [0.25, 0.3) is 0 Å². The first-order chi connectivity index (χ1) is 8.57. The van der Waals surface area contributed by atoms with Gasteiger partial charge in [0, 0.05) is 25.9 Å². The van der Waals surface area contributed by atoms with E-state index in [9.17, 15) is 8.78 Å². The van der Waals surface area contributed by atoms with Gasteiger partial charge in [-0.15, -0.1) is 0 Å². The second-order valence-corrected chi connectivity index (χ2v) is 5.46. The summed E-state index contributed by atoms with van der Waals surface area (Å²) < 4.78 is 26.4. The molecule has 1 unspecified atom stereocenters. The fourth-order valence-corrected chi connectivity index (χ4v) is 2.74. The quantitative estimate of drug-likeness (QED) is 0.676. The fraction of sp³-hybridized carbons (Fsp3) is 1.00. The number of rotatable bonds is 8. The van der Waals surface area contributed by atoms with Crippen molar-refractivity contribution in [3.8, 4) is 0 Å². The molecule has 1 atom stereocenters. The molecule has 0 radical (unpaired) electrons. The lowest BCUT2D eigenvalue weighted by molar-refractivity contribution is -0.0520. The Morgan fingerprint density at radius 3 is 2.67 bits per heavy atom. The van der Waals surface area contributed by atoms with Crippen LogP contribution in [0.3, 0.4) is 0 Å². The molecule has 1 N–H and O–H groups in total. The second kappa shape index (κ2) is 8.05. The highest BCUT2D eigenvalue weighted by atomic mass is 19.3. The van der Waals surface area contributed by atoms with Gasteiger partial charge in [-0.1, -0.05) is 13.8 Å². The SMILES string of the molecule is CCCN(CC)CCNCC1CCCC(F)(F)C1. The summed E-state index contributed by atoms with van der Waals surface area (Å²) >= 11 is 0. The zero-order valence-corrected chi connectivity index (χ0v) is 11.9. The maximum Gasteiger partial charge on any atom is 0.248 e. The minimum atomic E-state index is -2.41. The molecule has 0 heterocycles. The zero-order valence-electron chi connectivity index (χ0n) is 11.9. The van der Waals surface area contributed by atoms with Crippen LogP contribution in [0.2, 0.25) is 0 Å². The van der Waals surface area contributed by atoms with Crippen molar-refractivity contribution in [1.29, 1.82) is 0 Å². The van der Waals surface area contributed by atoms with Gasteiger partial charge in [-0.3, -0.25) is 0 Å². The highest BCUT2D eigenvalue weighted by Gasteiger charge is 2.35. The first-order valence-electron chi connectivity index (χ1n) is 7.38. The number of nitrogens with zero attached hydrogens (tertiary/aromatic N) is 1. The van der Waals surface area contributed by atoms with Crippen LogP contribution in [0.5, 0.6) is 0 Å². The zero-order chi connectivity index (χ0) is 13.4. The van der Waals surface area contributed by atoms with Crippen molar-refractivity contribution in [3.63, 3.8) is 0 Å². The molecule has 18 heavy (non-hydrogen) atoms. The Morgan fingerprint density at radius 2 is 2.06 bits per heavy atom. The summed E-state index contributed by atoms with van der Waals surface area (Å²) in [7, 11) is 0. The summed E-state index contributed by atoms with van der Waals surface area (Å²) in [4.78, 5) is 2.39. The summed E-state index contributed by atoms with van der Waals surface area (Å²) in [6.07, 6.45) is 2.96. The van der Waals surface area contributed by atoms with E-state index >= 15 is 0 Å². The first kappa shape index (κ1) is 15.8. The molecule has 0 aromatic carbocycles. The normalized spacial score (nSPS) is 23.5. The highest BCUT2D eigenvalue weighted by molar-refractivity contribution is 4.79. The minimum absolute atomic E-state index is 0.0758. The van der Waals surface area contributed by atoms with E-state index in [1.807, 2.05) is 0 Å². The van der Waals surface area contributed by atoms with Crippen LogP contribution in [0.1, 0.15) is 46.0 Å². The van der Waals surface area contributed by atoms with Crippen molar-refractivity contribution >= 4 is 0 Å². The monoisotopic (exact) mass is 262 g/mol. The van der Waals surface area contributed by atoms with Crippen LogP contribution >= 0.6 is 0 Å². The van der Waals surface area contributed by atoms with E-state index < -0.39 is 5.92 Å². The van der Waals surface area contributed by atoms with E-state index in [1.165, 1.54) is 6.42 Å². The summed E-state index contributed by atoms with van der Waals surface area (Å²) in [6.45, 7) is 9.22. The Balaban J connectivity index is 2.10. The van der Waals surface area contributed by atoms with Gasteiger partial charge in [0.05, 0.1) is 0 Å². The van der Waals surface area contributed by atoms with Crippen LogP contribution in [-0.2, 0) is 0 Å². The summed E-state index contributed by atoms with van der Waals surface area (Å²) in [5.74, 6) is -2.25. The summed E-state index contributed by atoms with van der Waals surface area (Å²) in [5.41, 5.74) is 0. The van der Waals surface area contributed by atoms with Crippen LogP contribution in [0.4, 0.5) is 8.78 Å². The molecule has 1 saturated carbocycles.